The molecule has 10 heteroatoms. The van der Waals surface area contributed by atoms with Crippen LogP contribution in [0.15, 0.2) is 42.6 Å². The summed E-state index contributed by atoms with van der Waals surface area (Å²) in [6.45, 7) is -2.78. The minimum Gasteiger partial charge on any atom is -0.307 e. The Morgan fingerprint density at radius 2 is 2.12 bits per heavy atom. The average Bonchev–Trinajstić information content (AvgIpc) is 3.03. The predicted molar refractivity (Wildman–Crippen MR) is 85.7 cm³/mol. The third-order valence-electron chi connectivity index (χ3n) is 3.21. The van der Waals surface area contributed by atoms with Gasteiger partial charge in [-0.15, -0.1) is 0 Å². The molecule has 2 aromatic heterocycles. The van der Waals surface area contributed by atoms with Crippen molar-refractivity contribution in [1.82, 2.24) is 20.2 Å². The van der Waals surface area contributed by atoms with Gasteiger partial charge in [-0.2, -0.15) is 19.1 Å². The largest absolute Gasteiger partial charge is 0.337 e. The van der Waals surface area contributed by atoms with E-state index in [0.717, 1.165) is 0 Å². The number of pyridine rings is 1. The molecule has 0 fully saturated rings. The number of urea groups is 1. The van der Waals surface area contributed by atoms with Crippen molar-refractivity contribution < 1.29 is 13.6 Å². The van der Waals surface area contributed by atoms with Gasteiger partial charge in [-0.25, -0.2) is 14.5 Å². The summed E-state index contributed by atoms with van der Waals surface area (Å²) >= 11 is 0. The fraction of sp³-hybridized carbons (Fsp3) is 0.0667. The number of alkyl halides is 2. The maximum atomic E-state index is 12.9. The van der Waals surface area contributed by atoms with E-state index in [1.165, 1.54) is 18.3 Å². The van der Waals surface area contributed by atoms with Crippen molar-refractivity contribution in [3.63, 3.8) is 0 Å². The Bertz CT molecular complexity index is 964. The molecule has 1 aromatic carbocycles. The minimum atomic E-state index is -2.78. The molecule has 0 saturated carbocycles. The Morgan fingerprint density at radius 3 is 2.88 bits per heavy atom. The van der Waals surface area contributed by atoms with E-state index in [1.54, 1.807) is 24.3 Å². The molecule has 3 aromatic rings. The Kier molecular flexibility index (Phi) is 4.38. The first-order chi connectivity index (χ1) is 12.1. The van der Waals surface area contributed by atoms with Crippen LogP contribution in [-0.4, -0.2) is 20.8 Å². The second-order valence-electron chi connectivity index (χ2n) is 4.86. The molecule has 2 heterocycles. The van der Waals surface area contributed by atoms with Crippen LogP contribution in [0.2, 0.25) is 0 Å². The molecule has 25 heavy (non-hydrogen) atoms. The highest BCUT2D eigenvalue weighted by Gasteiger charge is 2.12. The number of fused-ring (bicyclic) bond motifs is 1. The Morgan fingerprint density at radius 1 is 1.28 bits per heavy atom. The highest BCUT2D eigenvalue weighted by Crippen LogP contribution is 2.23. The molecule has 0 atom stereocenters. The van der Waals surface area contributed by atoms with Crippen LogP contribution in [0.1, 0.15) is 12.2 Å². The summed E-state index contributed by atoms with van der Waals surface area (Å²) in [6.07, 6.45) is 1.32. The molecule has 0 aliphatic heterocycles. The van der Waals surface area contributed by atoms with E-state index in [1.807, 2.05) is 6.07 Å². The lowest BCUT2D eigenvalue weighted by atomic mass is 10.2. The van der Waals surface area contributed by atoms with Crippen molar-refractivity contribution in [2.24, 2.45) is 0 Å². The first-order valence-corrected chi connectivity index (χ1v) is 7.02. The predicted octanol–water partition coefficient (Wildman–Crippen LogP) is 2.85. The molecule has 0 aliphatic rings. The van der Waals surface area contributed by atoms with Gasteiger partial charge in [0.2, 0.25) is 0 Å². The zero-order valence-corrected chi connectivity index (χ0v) is 12.6. The summed E-state index contributed by atoms with van der Waals surface area (Å²) in [4.78, 5) is 15.8. The van der Waals surface area contributed by atoms with Crippen LogP contribution in [-0.2, 0) is 0 Å². The number of carbonyl (C=O) groups excluding carboxylic acids is 1. The van der Waals surface area contributed by atoms with Gasteiger partial charge in [0.05, 0.1) is 11.7 Å². The maximum Gasteiger partial charge on any atom is 0.337 e. The Labute approximate surface area is 140 Å². The molecule has 0 bridgehead atoms. The quantitative estimate of drug-likeness (QED) is 0.631. The normalized spacial score (nSPS) is 10.5. The number of aromatic nitrogens is 3. The van der Waals surface area contributed by atoms with Gasteiger partial charge in [0.15, 0.2) is 0 Å². The van der Waals surface area contributed by atoms with Crippen LogP contribution in [0, 0.1) is 11.3 Å². The van der Waals surface area contributed by atoms with Crippen molar-refractivity contribution in [2.75, 3.05) is 10.7 Å². The van der Waals surface area contributed by atoms with Gasteiger partial charge in [-0.1, -0.05) is 6.07 Å². The van der Waals surface area contributed by atoms with E-state index >= 15 is 0 Å². The van der Waals surface area contributed by atoms with Crippen molar-refractivity contribution in [1.29, 1.82) is 5.26 Å². The monoisotopic (exact) mass is 343 g/mol. The van der Waals surface area contributed by atoms with Gasteiger partial charge in [0.25, 0.3) is 0 Å². The lowest BCUT2D eigenvalue weighted by molar-refractivity contribution is 0.0615. The summed E-state index contributed by atoms with van der Waals surface area (Å²) in [6, 6.07) is 10.5. The zero-order chi connectivity index (χ0) is 17.8. The van der Waals surface area contributed by atoms with Crippen molar-refractivity contribution in [3.05, 3.63) is 48.3 Å². The second-order valence-corrected chi connectivity index (χ2v) is 4.86. The summed E-state index contributed by atoms with van der Waals surface area (Å²) < 4.78 is 26.3. The number of hydrogen-bond acceptors (Lipinski definition) is 5. The topological polar surface area (TPSA) is 108 Å². The standard InChI is InChI=1S/C15H11F2N7O/c16-14(17)24-12-6-10(5-4-9(12)8-19-24)21-15(25)23-22-13-3-1-2-11(7-18)20-13/h1-6,8,14H,(H,20,22)(H2,21,23,25). The van der Waals surface area contributed by atoms with Gasteiger partial charge in [-0.3, -0.25) is 10.9 Å². The van der Waals surface area contributed by atoms with E-state index in [4.69, 9.17) is 5.26 Å². The molecule has 3 N–H and O–H groups in total. The van der Waals surface area contributed by atoms with Crippen LogP contribution in [0.5, 0.6) is 0 Å². The third-order valence-corrected chi connectivity index (χ3v) is 3.21. The maximum absolute atomic E-state index is 12.9. The minimum absolute atomic E-state index is 0.193. The smallest absolute Gasteiger partial charge is 0.307 e. The van der Waals surface area contributed by atoms with Gasteiger partial charge in [-0.05, 0) is 30.3 Å². The van der Waals surface area contributed by atoms with E-state index in [2.05, 4.69) is 26.3 Å². The number of hydrazine groups is 1. The first kappa shape index (κ1) is 16.1. The van der Waals surface area contributed by atoms with E-state index < -0.39 is 12.6 Å². The van der Waals surface area contributed by atoms with E-state index in [9.17, 15) is 13.6 Å². The SMILES string of the molecule is N#Cc1cccc(NNC(=O)Nc2ccc3cnn(C(F)F)c3c2)n1. The van der Waals surface area contributed by atoms with E-state index in [0.29, 0.717) is 15.8 Å². The number of rotatable bonds is 4. The molecule has 0 spiro atoms. The fourth-order valence-corrected chi connectivity index (χ4v) is 2.12. The van der Waals surface area contributed by atoms with Gasteiger partial charge < -0.3 is 5.32 Å². The number of nitrogens with zero attached hydrogens (tertiary/aromatic N) is 4. The molecule has 0 unspecified atom stereocenters. The second kappa shape index (κ2) is 6.79. The van der Waals surface area contributed by atoms with Gasteiger partial charge in [0, 0.05) is 11.1 Å². The molecule has 0 radical (unpaired) electrons. The summed E-state index contributed by atoms with van der Waals surface area (Å²) in [5.74, 6) is 0.278. The summed E-state index contributed by atoms with van der Waals surface area (Å²) in [7, 11) is 0. The van der Waals surface area contributed by atoms with Crippen molar-refractivity contribution in [2.45, 2.75) is 6.55 Å². The number of amides is 2. The zero-order valence-electron chi connectivity index (χ0n) is 12.6. The van der Waals surface area contributed by atoms with Gasteiger partial charge >= 0.3 is 12.6 Å². The highest BCUT2D eigenvalue weighted by molar-refractivity contribution is 5.93. The Balaban J connectivity index is 1.67. The molecule has 126 valence electrons. The average molecular weight is 343 g/mol. The summed E-state index contributed by atoms with van der Waals surface area (Å²) in [5, 5.41) is 15.4. The number of hydrogen-bond donors (Lipinski definition) is 3. The van der Waals surface area contributed by atoms with Gasteiger partial charge in [0.1, 0.15) is 17.6 Å². The fourth-order valence-electron chi connectivity index (χ4n) is 2.12. The molecule has 3 rings (SSSR count). The molecular formula is C15H11F2N7O. The molecular weight excluding hydrogens is 332 g/mol. The lowest BCUT2D eigenvalue weighted by Gasteiger charge is -2.10. The van der Waals surface area contributed by atoms with Crippen LogP contribution < -0.4 is 16.2 Å². The van der Waals surface area contributed by atoms with Crippen molar-refractivity contribution >= 4 is 28.4 Å². The number of nitriles is 1. The molecule has 0 saturated heterocycles. The molecule has 0 aliphatic carbocycles. The highest BCUT2D eigenvalue weighted by atomic mass is 19.3. The van der Waals surface area contributed by atoms with Crippen LogP contribution in [0.3, 0.4) is 0 Å². The van der Waals surface area contributed by atoms with E-state index in [-0.39, 0.29) is 17.0 Å². The third kappa shape index (κ3) is 3.61. The molecule has 8 nitrogen and oxygen atoms in total. The number of halogens is 2. The number of carbonyl (C=O) groups is 1. The Hall–Kier alpha value is -3.74. The molecule has 2 amide bonds. The van der Waals surface area contributed by atoms with Crippen LogP contribution in [0.4, 0.5) is 25.1 Å². The lowest BCUT2D eigenvalue weighted by Crippen LogP contribution is -2.33. The number of benzene rings is 1. The van der Waals surface area contributed by atoms with Crippen LogP contribution in [0.25, 0.3) is 10.9 Å². The number of anilines is 2. The summed E-state index contributed by atoms with van der Waals surface area (Å²) in [5.41, 5.74) is 5.58. The number of nitrogens with one attached hydrogen (secondary N) is 3. The van der Waals surface area contributed by atoms with Crippen LogP contribution >= 0.6 is 0 Å². The first-order valence-electron chi connectivity index (χ1n) is 7.02. The van der Waals surface area contributed by atoms with Crippen molar-refractivity contribution in [3.8, 4) is 6.07 Å².